The fourth-order valence-electron chi connectivity index (χ4n) is 5.62. The van der Waals surface area contributed by atoms with Crippen LogP contribution in [0.1, 0.15) is 22.7 Å². The van der Waals surface area contributed by atoms with Crippen molar-refractivity contribution in [2.75, 3.05) is 12.0 Å². The highest BCUT2D eigenvalue weighted by Crippen LogP contribution is 2.52. The summed E-state index contributed by atoms with van der Waals surface area (Å²) >= 11 is 3.48. The molecule has 3 aromatic rings. The highest BCUT2D eigenvalue weighted by atomic mass is 79.9. The summed E-state index contributed by atoms with van der Waals surface area (Å²) in [6.07, 6.45) is 0.0395. The molecular weight excluding hydrogens is 524 g/mol. The lowest BCUT2D eigenvalue weighted by molar-refractivity contribution is -0.148. The highest BCUT2D eigenvalue weighted by Gasteiger charge is 2.69. The van der Waals surface area contributed by atoms with Crippen LogP contribution in [0.25, 0.3) is 0 Å². The first-order valence-electron chi connectivity index (χ1n) is 11.6. The lowest BCUT2D eigenvalue weighted by Gasteiger charge is -2.32. The van der Waals surface area contributed by atoms with Gasteiger partial charge in [0, 0.05) is 22.5 Å². The molecule has 184 valence electrons. The Morgan fingerprint density at radius 3 is 2.42 bits per heavy atom. The number of anilines is 1. The van der Waals surface area contributed by atoms with Gasteiger partial charge in [-0.3, -0.25) is 19.7 Å². The van der Waals surface area contributed by atoms with Crippen LogP contribution in [0, 0.1) is 18.8 Å². The predicted molar refractivity (Wildman–Crippen MR) is 138 cm³/mol. The average molecular weight is 549 g/mol. The minimum Gasteiger partial charge on any atom is -0.496 e. The van der Waals surface area contributed by atoms with Crippen LogP contribution in [0.3, 0.4) is 0 Å². The number of nitrogens with one attached hydrogen (secondary N) is 1. The standard InChI is InChI=1S/C28H25BrN2O5/c1-16-8-6-7-11-20(16)31-25(32)22-23(26(31)33)28(27(34)35,15-17-9-4-3-5-10-17)30-24(22)19-14-18(29)12-13-21(19)36-2/h3-14,22-24,30H,15H2,1-2H3,(H,34,35). The molecule has 0 aromatic heterocycles. The van der Waals surface area contributed by atoms with Crippen LogP contribution >= 0.6 is 15.9 Å². The van der Waals surface area contributed by atoms with Gasteiger partial charge in [-0.2, -0.15) is 0 Å². The monoisotopic (exact) mass is 548 g/mol. The summed E-state index contributed by atoms with van der Waals surface area (Å²) in [4.78, 5) is 42.2. The zero-order valence-electron chi connectivity index (χ0n) is 19.8. The quantitative estimate of drug-likeness (QED) is 0.446. The van der Waals surface area contributed by atoms with E-state index in [1.807, 2.05) is 61.5 Å². The number of halogens is 1. The fraction of sp³-hybridized carbons (Fsp3) is 0.250. The average Bonchev–Trinajstić information content (AvgIpc) is 3.34. The van der Waals surface area contributed by atoms with E-state index in [0.717, 1.165) is 15.6 Å². The number of hydrogen-bond donors (Lipinski definition) is 2. The van der Waals surface area contributed by atoms with Crippen LogP contribution in [-0.4, -0.2) is 35.5 Å². The summed E-state index contributed by atoms with van der Waals surface area (Å²) in [6, 6.07) is 20.9. The fourth-order valence-corrected chi connectivity index (χ4v) is 6.00. The molecule has 36 heavy (non-hydrogen) atoms. The van der Waals surface area contributed by atoms with Crippen molar-refractivity contribution >= 4 is 39.4 Å². The van der Waals surface area contributed by atoms with E-state index in [1.165, 1.54) is 12.0 Å². The Morgan fingerprint density at radius 1 is 1.06 bits per heavy atom. The normalized spacial score (nSPS) is 25.2. The summed E-state index contributed by atoms with van der Waals surface area (Å²) in [6.45, 7) is 1.82. The number of fused-ring (bicyclic) bond motifs is 1. The van der Waals surface area contributed by atoms with Gasteiger partial charge in [0.15, 0.2) is 0 Å². The number of amides is 2. The topological polar surface area (TPSA) is 95.9 Å². The van der Waals surface area contributed by atoms with Crippen LogP contribution in [0.5, 0.6) is 5.75 Å². The smallest absolute Gasteiger partial charge is 0.325 e. The maximum absolute atomic E-state index is 14.0. The van der Waals surface area contributed by atoms with Crippen molar-refractivity contribution in [1.82, 2.24) is 5.32 Å². The molecule has 2 N–H and O–H groups in total. The summed E-state index contributed by atoms with van der Waals surface area (Å²) in [7, 11) is 1.52. The number of carboxylic acids is 1. The predicted octanol–water partition coefficient (Wildman–Crippen LogP) is 4.28. The first-order valence-corrected chi connectivity index (χ1v) is 12.4. The lowest BCUT2D eigenvalue weighted by Crippen LogP contribution is -2.57. The van der Waals surface area contributed by atoms with Crippen molar-refractivity contribution in [2.45, 2.75) is 24.9 Å². The second-order valence-electron chi connectivity index (χ2n) is 9.25. The molecule has 3 aromatic carbocycles. The lowest BCUT2D eigenvalue weighted by atomic mass is 9.76. The molecule has 8 heteroatoms. The van der Waals surface area contributed by atoms with Gasteiger partial charge in [-0.25, -0.2) is 4.90 Å². The maximum atomic E-state index is 14.0. The Hall–Kier alpha value is -3.49. The van der Waals surface area contributed by atoms with Crippen LogP contribution in [0.2, 0.25) is 0 Å². The third-order valence-electron chi connectivity index (χ3n) is 7.24. The van der Waals surface area contributed by atoms with E-state index in [4.69, 9.17) is 4.74 Å². The molecule has 7 nitrogen and oxygen atoms in total. The Morgan fingerprint density at radius 2 is 1.75 bits per heavy atom. The molecule has 2 heterocycles. The zero-order valence-corrected chi connectivity index (χ0v) is 21.4. The molecule has 2 aliphatic rings. The first-order chi connectivity index (χ1) is 17.3. The van der Waals surface area contributed by atoms with Crippen molar-refractivity contribution in [3.63, 3.8) is 0 Å². The number of imide groups is 1. The second kappa shape index (κ2) is 9.19. The van der Waals surface area contributed by atoms with Gasteiger partial charge >= 0.3 is 5.97 Å². The summed E-state index contributed by atoms with van der Waals surface area (Å²) in [5, 5.41) is 13.9. The molecule has 2 fully saturated rings. The van der Waals surface area contributed by atoms with Gasteiger partial charge in [0.1, 0.15) is 11.3 Å². The van der Waals surface area contributed by atoms with Crippen LogP contribution < -0.4 is 15.0 Å². The van der Waals surface area contributed by atoms with E-state index >= 15 is 0 Å². The number of aryl methyl sites for hydroxylation is 1. The third-order valence-corrected chi connectivity index (χ3v) is 7.74. The molecule has 0 bridgehead atoms. The maximum Gasteiger partial charge on any atom is 0.325 e. The van der Waals surface area contributed by atoms with E-state index < -0.39 is 41.2 Å². The van der Waals surface area contributed by atoms with Crippen LogP contribution in [-0.2, 0) is 20.8 Å². The molecule has 4 atom stereocenters. The van der Waals surface area contributed by atoms with Crippen LogP contribution in [0.4, 0.5) is 5.69 Å². The molecule has 0 spiro atoms. The van der Waals surface area contributed by atoms with Crippen molar-refractivity contribution in [3.8, 4) is 5.75 Å². The molecule has 2 aliphatic heterocycles. The number of para-hydroxylation sites is 1. The SMILES string of the molecule is COc1ccc(Br)cc1C1NC(Cc2ccccc2)(C(=O)O)C2C(=O)N(c3ccccc3C)C(=O)C12. The van der Waals surface area contributed by atoms with E-state index in [9.17, 15) is 19.5 Å². The van der Waals surface area contributed by atoms with Crippen LogP contribution in [0.15, 0.2) is 77.3 Å². The molecule has 2 amide bonds. The van der Waals surface area contributed by atoms with Gasteiger partial charge in [0.25, 0.3) is 0 Å². The Bertz CT molecular complexity index is 1360. The third kappa shape index (κ3) is 3.72. The summed E-state index contributed by atoms with van der Waals surface area (Å²) in [5.74, 6) is -3.65. The molecule has 0 aliphatic carbocycles. The molecule has 0 radical (unpaired) electrons. The van der Waals surface area contributed by atoms with Gasteiger partial charge in [-0.15, -0.1) is 0 Å². The number of benzene rings is 3. The number of hydrogen-bond acceptors (Lipinski definition) is 5. The van der Waals surface area contributed by atoms with E-state index in [2.05, 4.69) is 21.2 Å². The number of carbonyl (C=O) groups is 3. The largest absolute Gasteiger partial charge is 0.496 e. The van der Waals surface area contributed by atoms with E-state index in [1.54, 1.807) is 18.2 Å². The number of carbonyl (C=O) groups excluding carboxylic acids is 2. The summed E-state index contributed by atoms with van der Waals surface area (Å²) < 4.78 is 6.33. The molecule has 5 rings (SSSR count). The molecule has 2 saturated heterocycles. The van der Waals surface area contributed by atoms with Gasteiger partial charge in [-0.1, -0.05) is 64.5 Å². The van der Waals surface area contributed by atoms with Crippen molar-refractivity contribution < 1.29 is 24.2 Å². The van der Waals surface area contributed by atoms with Crippen molar-refractivity contribution in [2.24, 2.45) is 11.8 Å². The number of carboxylic acid groups (broad SMARTS) is 1. The summed E-state index contributed by atoms with van der Waals surface area (Å²) in [5.41, 5.74) is 0.899. The Balaban J connectivity index is 1.71. The highest BCUT2D eigenvalue weighted by molar-refractivity contribution is 9.10. The number of aliphatic carboxylic acids is 1. The van der Waals surface area contributed by atoms with Gasteiger partial charge in [0.2, 0.25) is 11.8 Å². The molecule has 0 saturated carbocycles. The molecular formula is C28H25BrN2O5. The second-order valence-corrected chi connectivity index (χ2v) is 10.2. The number of methoxy groups -OCH3 is 1. The van der Waals surface area contributed by atoms with Crippen molar-refractivity contribution in [3.05, 3.63) is 94.0 Å². The van der Waals surface area contributed by atoms with E-state index in [0.29, 0.717) is 17.0 Å². The molecule has 4 unspecified atom stereocenters. The minimum absolute atomic E-state index is 0.0395. The number of nitrogens with zero attached hydrogens (tertiary/aromatic N) is 1. The van der Waals surface area contributed by atoms with E-state index in [-0.39, 0.29) is 6.42 Å². The Kier molecular flexibility index (Phi) is 6.18. The number of rotatable bonds is 6. The van der Waals surface area contributed by atoms with Crippen molar-refractivity contribution in [1.29, 1.82) is 0 Å². The number of ether oxygens (including phenoxy) is 1. The van der Waals surface area contributed by atoms with Gasteiger partial charge in [-0.05, 0) is 42.3 Å². The zero-order chi connectivity index (χ0) is 25.6. The van der Waals surface area contributed by atoms with Gasteiger partial charge < -0.3 is 9.84 Å². The minimum atomic E-state index is -1.70. The first kappa shape index (κ1) is 24.2. The Labute approximate surface area is 217 Å². The van der Waals surface area contributed by atoms with Gasteiger partial charge in [0.05, 0.1) is 24.6 Å².